The van der Waals surface area contributed by atoms with Gasteiger partial charge in [0.05, 0.1) is 27.2 Å². The number of hydrogen-bond donors (Lipinski definition) is 2. The summed E-state index contributed by atoms with van der Waals surface area (Å²) >= 11 is 0. The van der Waals surface area contributed by atoms with Crippen LogP contribution in [0, 0.1) is 5.41 Å². The van der Waals surface area contributed by atoms with Crippen molar-refractivity contribution in [3.8, 4) is 5.75 Å². The number of nitrogens with one attached hydrogen (secondary N) is 1. The quantitative estimate of drug-likeness (QED) is 0.810. The highest BCUT2D eigenvalue weighted by atomic mass is 32.2. The van der Waals surface area contributed by atoms with Gasteiger partial charge in [-0.3, -0.25) is 9.52 Å². The van der Waals surface area contributed by atoms with Gasteiger partial charge in [-0.2, -0.15) is 0 Å². The largest absolute Gasteiger partial charge is 0.490 e. The van der Waals surface area contributed by atoms with Crippen LogP contribution in [0.5, 0.6) is 5.75 Å². The van der Waals surface area contributed by atoms with Crippen LogP contribution in [0.3, 0.4) is 0 Å². The third kappa shape index (κ3) is 3.65. The van der Waals surface area contributed by atoms with Crippen LogP contribution in [-0.4, -0.2) is 39.1 Å². The highest BCUT2D eigenvalue weighted by Crippen LogP contribution is 2.37. The average molecular weight is 404 g/mol. The Hall–Kier alpha value is -3.07. The number of aromatic carboxylic acids is 1. The zero-order valence-electron chi connectivity index (χ0n) is 15.6. The normalized spacial score (nSPS) is 16.0. The first kappa shape index (κ1) is 19.7. The number of nitrogens with zero attached hydrogens (tertiary/aromatic N) is 1. The van der Waals surface area contributed by atoms with Gasteiger partial charge in [-0.05, 0) is 56.3 Å². The van der Waals surface area contributed by atoms with Crippen molar-refractivity contribution in [2.24, 2.45) is 5.41 Å². The molecule has 0 aromatic heterocycles. The third-order valence-electron chi connectivity index (χ3n) is 4.46. The Labute approximate surface area is 162 Å². The maximum atomic E-state index is 12.6. The van der Waals surface area contributed by atoms with Crippen LogP contribution in [0.15, 0.2) is 47.4 Å². The number of carboxylic acids is 1. The molecule has 2 aromatic rings. The standard InChI is InChI=1S/C19H20N2O6S/c1-19(2)11-27-16-9-6-13(10-15(16)21(3)18(19)24)20-28(25,26)14-7-4-12(5-8-14)17(22)23/h4-10,20H,11H2,1-3H3,(H,22,23). The zero-order chi connectivity index (χ0) is 20.7. The molecule has 1 aliphatic rings. The molecule has 0 saturated heterocycles. The van der Waals surface area contributed by atoms with Crippen molar-refractivity contribution >= 4 is 33.3 Å². The van der Waals surface area contributed by atoms with Gasteiger partial charge in [0.15, 0.2) is 0 Å². The lowest BCUT2D eigenvalue weighted by atomic mass is 9.93. The first-order valence-corrected chi connectivity index (χ1v) is 9.91. The van der Waals surface area contributed by atoms with E-state index < -0.39 is 21.4 Å². The second-order valence-electron chi connectivity index (χ2n) is 7.15. The SMILES string of the molecule is CN1C(=O)C(C)(C)COc2ccc(NS(=O)(=O)c3ccc(C(=O)O)cc3)cc21. The molecule has 0 unspecified atom stereocenters. The first-order chi connectivity index (χ1) is 13.0. The Balaban J connectivity index is 1.91. The van der Waals surface area contributed by atoms with Gasteiger partial charge in [0.1, 0.15) is 12.4 Å². The van der Waals surface area contributed by atoms with Crippen molar-refractivity contribution in [2.45, 2.75) is 18.7 Å². The number of rotatable bonds is 4. The van der Waals surface area contributed by atoms with E-state index in [9.17, 15) is 18.0 Å². The number of carbonyl (C=O) groups is 2. The molecule has 0 aliphatic carbocycles. The number of ether oxygens (including phenoxy) is 1. The lowest BCUT2D eigenvalue weighted by molar-refractivity contribution is -0.127. The second-order valence-corrected chi connectivity index (χ2v) is 8.84. The van der Waals surface area contributed by atoms with Crippen LogP contribution in [0.2, 0.25) is 0 Å². The van der Waals surface area contributed by atoms with E-state index >= 15 is 0 Å². The van der Waals surface area contributed by atoms with Crippen molar-refractivity contribution in [1.29, 1.82) is 0 Å². The molecule has 1 heterocycles. The highest BCUT2D eigenvalue weighted by Gasteiger charge is 2.36. The molecule has 0 spiro atoms. The summed E-state index contributed by atoms with van der Waals surface area (Å²) in [6, 6.07) is 9.54. The number of carboxylic acid groups (broad SMARTS) is 1. The number of amides is 1. The molecule has 0 atom stereocenters. The highest BCUT2D eigenvalue weighted by molar-refractivity contribution is 7.92. The van der Waals surface area contributed by atoms with E-state index in [0.29, 0.717) is 11.4 Å². The smallest absolute Gasteiger partial charge is 0.335 e. The summed E-state index contributed by atoms with van der Waals surface area (Å²) in [5.41, 5.74) is -0.0100. The van der Waals surface area contributed by atoms with E-state index in [1.165, 1.54) is 35.2 Å². The van der Waals surface area contributed by atoms with Gasteiger partial charge < -0.3 is 14.7 Å². The van der Waals surface area contributed by atoms with Crippen molar-refractivity contribution in [3.63, 3.8) is 0 Å². The van der Waals surface area contributed by atoms with Crippen molar-refractivity contribution in [3.05, 3.63) is 48.0 Å². The van der Waals surface area contributed by atoms with Crippen LogP contribution < -0.4 is 14.4 Å². The molecule has 0 bridgehead atoms. The lowest BCUT2D eigenvalue weighted by Crippen LogP contribution is -2.39. The monoisotopic (exact) mass is 404 g/mol. The molecule has 148 valence electrons. The molecule has 28 heavy (non-hydrogen) atoms. The Bertz CT molecular complexity index is 1040. The van der Waals surface area contributed by atoms with Gasteiger partial charge in [-0.25, -0.2) is 13.2 Å². The second kappa shape index (κ2) is 6.83. The van der Waals surface area contributed by atoms with E-state index in [-0.39, 0.29) is 28.7 Å². The topological polar surface area (TPSA) is 113 Å². The minimum Gasteiger partial charge on any atom is -0.490 e. The zero-order valence-corrected chi connectivity index (χ0v) is 16.4. The molecule has 9 heteroatoms. The Morgan fingerprint density at radius 3 is 2.43 bits per heavy atom. The van der Waals surface area contributed by atoms with Gasteiger partial charge in [0.25, 0.3) is 10.0 Å². The average Bonchev–Trinajstić information content (AvgIpc) is 2.72. The molecule has 3 rings (SSSR count). The van der Waals surface area contributed by atoms with E-state index in [1.807, 2.05) is 0 Å². The molecule has 1 aliphatic heterocycles. The Kier molecular flexibility index (Phi) is 4.80. The number of carbonyl (C=O) groups excluding carboxylic acids is 1. The number of hydrogen-bond acceptors (Lipinski definition) is 5. The van der Waals surface area contributed by atoms with Crippen LogP contribution in [0.25, 0.3) is 0 Å². The van der Waals surface area contributed by atoms with E-state index in [2.05, 4.69) is 4.72 Å². The van der Waals surface area contributed by atoms with E-state index in [1.54, 1.807) is 33.0 Å². The fourth-order valence-electron chi connectivity index (χ4n) is 2.84. The molecule has 8 nitrogen and oxygen atoms in total. The summed E-state index contributed by atoms with van der Waals surface area (Å²) < 4.78 is 33.4. The maximum absolute atomic E-state index is 12.6. The van der Waals surface area contributed by atoms with E-state index in [4.69, 9.17) is 9.84 Å². The molecular formula is C19H20N2O6S. The molecule has 2 aromatic carbocycles. The lowest BCUT2D eigenvalue weighted by Gasteiger charge is -2.24. The van der Waals surface area contributed by atoms with Gasteiger partial charge in [-0.1, -0.05) is 0 Å². The fraction of sp³-hybridized carbons (Fsp3) is 0.263. The van der Waals surface area contributed by atoms with Gasteiger partial charge in [0, 0.05) is 7.05 Å². The Morgan fingerprint density at radius 2 is 1.82 bits per heavy atom. The maximum Gasteiger partial charge on any atom is 0.335 e. The number of sulfonamides is 1. The van der Waals surface area contributed by atoms with Crippen molar-refractivity contribution < 1.29 is 27.9 Å². The summed E-state index contributed by atoms with van der Waals surface area (Å²) in [6.45, 7) is 3.77. The summed E-state index contributed by atoms with van der Waals surface area (Å²) in [7, 11) is -2.32. The molecule has 0 saturated carbocycles. The Morgan fingerprint density at radius 1 is 1.18 bits per heavy atom. The minimum absolute atomic E-state index is 0.0103. The van der Waals surface area contributed by atoms with Crippen LogP contribution in [-0.2, 0) is 14.8 Å². The minimum atomic E-state index is -3.93. The third-order valence-corrected chi connectivity index (χ3v) is 5.85. The molecule has 2 N–H and O–H groups in total. The molecule has 1 amide bonds. The van der Waals surface area contributed by atoms with Gasteiger partial charge in [0.2, 0.25) is 5.91 Å². The molecule has 0 fully saturated rings. The predicted octanol–water partition coefficient (Wildman–Crippen LogP) is 2.57. The summed E-state index contributed by atoms with van der Waals surface area (Å²) in [5.74, 6) is -0.802. The van der Waals surface area contributed by atoms with Gasteiger partial charge in [-0.15, -0.1) is 0 Å². The van der Waals surface area contributed by atoms with Crippen LogP contribution in [0.1, 0.15) is 24.2 Å². The number of fused-ring (bicyclic) bond motifs is 1. The molecule has 0 radical (unpaired) electrons. The summed E-state index contributed by atoms with van der Waals surface area (Å²) in [6.07, 6.45) is 0. The van der Waals surface area contributed by atoms with Gasteiger partial charge >= 0.3 is 5.97 Å². The molecular weight excluding hydrogens is 384 g/mol. The van der Waals surface area contributed by atoms with Crippen molar-refractivity contribution in [2.75, 3.05) is 23.3 Å². The summed E-state index contributed by atoms with van der Waals surface area (Å²) in [4.78, 5) is 24.9. The first-order valence-electron chi connectivity index (χ1n) is 8.42. The van der Waals surface area contributed by atoms with E-state index in [0.717, 1.165) is 0 Å². The summed E-state index contributed by atoms with van der Waals surface area (Å²) in [5, 5.41) is 8.92. The fourth-order valence-corrected chi connectivity index (χ4v) is 3.89. The number of benzene rings is 2. The van der Waals surface area contributed by atoms with Crippen LogP contribution >= 0.6 is 0 Å². The van der Waals surface area contributed by atoms with Crippen molar-refractivity contribution in [1.82, 2.24) is 0 Å². The van der Waals surface area contributed by atoms with Crippen LogP contribution in [0.4, 0.5) is 11.4 Å². The predicted molar refractivity (Wildman–Crippen MR) is 103 cm³/mol. The number of anilines is 2.